The van der Waals surface area contributed by atoms with E-state index in [2.05, 4.69) is 23.4 Å². The van der Waals surface area contributed by atoms with Crippen LogP contribution >= 0.6 is 23.2 Å². The van der Waals surface area contributed by atoms with E-state index in [4.69, 9.17) is 32.7 Å². The zero-order valence-corrected chi connectivity index (χ0v) is 19.4. The fraction of sp³-hybridized carbons (Fsp3) is 0.182. The van der Waals surface area contributed by atoms with Crippen molar-refractivity contribution < 1.29 is 24.0 Å². The molecule has 0 amide bonds. The summed E-state index contributed by atoms with van der Waals surface area (Å²) >= 11 is 12.1. The fourth-order valence-electron chi connectivity index (χ4n) is 2.59. The molecule has 0 radical (unpaired) electrons. The Hall–Kier alpha value is -3.76. The van der Waals surface area contributed by atoms with Crippen LogP contribution < -0.4 is 4.90 Å². The number of carbonyl (C=O) groups is 2. The van der Waals surface area contributed by atoms with Gasteiger partial charge in [-0.15, -0.1) is 5.11 Å². The third-order valence-corrected chi connectivity index (χ3v) is 4.81. The second-order valence-electron chi connectivity index (χ2n) is 6.46. The highest BCUT2D eigenvalue weighted by molar-refractivity contribution is 6.39. The van der Waals surface area contributed by atoms with Gasteiger partial charge in [0, 0.05) is 30.0 Å². The average molecular weight is 507 g/mol. The first-order valence-electron chi connectivity index (χ1n) is 9.73. The molecule has 0 unspecified atom stereocenters. The smallest absolute Gasteiger partial charge is 0.330 e. The van der Waals surface area contributed by atoms with E-state index >= 15 is 0 Å². The van der Waals surface area contributed by atoms with E-state index in [1.165, 1.54) is 0 Å². The van der Waals surface area contributed by atoms with Gasteiger partial charge in [0.1, 0.15) is 18.9 Å². The number of esters is 2. The van der Waals surface area contributed by atoms with E-state index in [1.54, 1.807) is 24.3 Å². The number of azo groups is 1. The maximum atomic E-state index is 11.3. The van der Waals surface area contributed by atoms with Crippen LogP contribution in [-0.2, 0) is 19.1 Å². The van der Waals surface area contributed by atoms with E-state index < -0.39 is 16.9 Å². The van der Waals surface area contributed by atoms with Gasteiger partial charge in [-0.05, 0) is 24.3 Å². The Kier molecular flexibility index (Phi) is 10.2. The van der Waals surface area contributed by atoms with Gasteiger partial charge >= 0.3 is 11.9 Å². The summed E-state index contributed by atoms with van der Waals surface area (Å²) in [5.74, 6) is -1.09. The third kappa shape index (κ3) is 7.98. The highest BCUT2D eigenvalue weighted by Gasteiger charge is 2.14. The molecule has 0 saturated carbocycles. The first kappa shape index (κ1) is 26.5. The number of nitrogens with zero attached hydrogens (tertiary/aromatic N) is 4. The number of hydrogen-bond acceptors (Lipinski definition) is 9. The zero-order chi connectivity index (χ0) is 25.1. The van der Waals surface area contributed by atoms with Gasteiger partial charge in [0.2, 0.25) is 0 Å². The van der Waals surface area contributed by atoms with Crippen LogP contribution in [0.4, 0.5) is 22.7 Å². The molecule has 2 rings (SSSR count). The molecule has 0 aliphatic carbocycles. The number of anilines is 1. The molecule has 0 fully saturated rings. The SMILES string of the molecule is C=CC(=O)OCCN(CCOC(=O)C=C)c1ccc(N=Nc2c(Cl)cc([N+](=O)[O-])cc2Cl)cc1. The standard InChI is InChI=1S/C22H20Cl2N4O6/c1-3-20(29)33-11-9-27(10-12-34-21(30)4-2)16-7-5-15(6-8-16)25-26-22-18(23)13-17(28(31)32)14-19(22)24/h3-8,13-14H,1-2,9-12H2. The Morgan fingerprint density at radius 1 is 0.971 bits per heavy atom. The van der Waals surface area contributed by atoms with Crippen LogP contribution in [-0.4, -0.2) is 43.2 Å². The Balaban J connectivity index is 2.13. The summed E-state index contributed by atoms with van der Waals surface area (Å²) in [5, 5.41) is 18.9. The minimum Gasteiger partial charge on any atom is -0.461 e. The van der Waals surface area contributed by atoms with Crippen molar-refractivity contribution in [3.63, 3.8) is 0 Å². The van der Waals surface area contributed by atoms with Crippen LogP contribution in [0.25, 0.3) is 0 Å². The largest absolute Gasteiger partial charge is 0.461 e. The van der Waals surface area contributed by atoms with Gasteiger partial charge in [0.15, 0.2) is 0 Å². The Bertz CT molecular complexity index is 1060. The van der Waals surface area contributed by atoms with Crippen LogP contribution in [0.5, 0.6) is 0 Å². The molecular formula is C22H20Cl2N4O6. The van der Waals surface area contributed by atoms with Crippen LogP contribution in [0.15, 0.2) is 71.9 Å². The van der Waals surface area contributed by atoms with Gasteiger partial charge in [0.05, 0.1) is 33.7 Å². The molecule has 178 valence electrons. The number of halogens is 2. The summed E-state index contributed by atoms with van der Waals surface area (Å²) < 4.78 is 10.1. The quantitative estimate of drug-likeness (QED) is 0.121. The van der Waals surface area contributed by atoms with Gasteiger partial charge in [-0.1, -0.05) is 36.4 Å². The Morgan fingerprint density at radius 2 is 1.47 bits per heavy atom. The van der Waals surface area contributed by atoms with Gasteiger partial charge in [-0.2, -0.15) is 5.11 Å². The van der Waals surface area contributed by atoms with E-state index in [9.17, 15) is 19.7 Å². The molecule has 2 aromatic rings. The number of benzene rings is 2. The molecule has 0 saturated heterocycles. The molecule has 12 heteroatoms. The van der Waals surface area contributed by atoms with Crippen molar-refractivity contribution in [1.29, 1.82) is 0 Å². The van der Waals surface area contributed by atoms with Crippen molar-refractivity contribution in [1.82, 2.24) is 0 Å². The summed E-state index contributed by atoms with van der Waals surface area (Å²) in [7, 11) is 0. The molecule has 0 spiro atoms. The van der Waals surface area contributed by atoms with Crippen molar-refractivity contribution >= 4 is 57.9 Å². The third-order valence-electron chi connectivity index (χ3n) is 4.24. The van der Waals surface area contributed by atoms with Gasteiger partial charge in [0.25, 0.3) is 5.69 Å². The summed E-state index contributed by atoms with van der Waals surface area (Å²) in [6.45, 7) is 7.55. The maximum absolute atomic E-state index is 11.3. The van der Waals surface area contributed by atoms with Crippen LogP contribution in [0, 0.1) is 10.1 Å². The van der Waals surface area contributed by atoms with Gasteiger partial charge < -0.3 is 14.4 Å². The van der Waals surface area contributed by atoms with E-state index in [1.807, 2.05) is 4.90 Å². The molecular weight excluding hydrogens is 487 g/mol. The number of hydrogen-bond donors (Lipinski definition) is 0. The monoisotopic (exact) mass is 506 g/mol. The lowest BCUT2D eigenvalue weighted by atomic mass is 10.2. The van der Waals surface area contributed by atoms with Crippen molar-refractivity contribution in [2.45, 2.75) is 0 Å². The van der Waals surface area contributed by atoms with Crippen LogP contribution in [0.3, 0.4) is 0 Å². The molecule has 34 heavy (non-hydrogen) atoms. The summed E-state index contributed by atoms with van der Waals surface area (Å²) in [6.07, 6.45) is 2.14. The molecule has 0 N–H and O–H groups in total. The van der Waals surface area contributed by atoms with Crippen LogP contribution in [0.2, 0.25) is 10.0 Å². The molecule has 10 nitrogen and oxygen atoms in total. The lowest BCUT2D eigenvalue weighted by molar-refractivity contribution is -0.384. The summed E-state index contributed by atoms with van der Waals surface area (Å²) in [5.41, 5.74) is 1.06. The molecule has 0 aliphatic rings. The molecule has 2 aromatic carbocycles. The molecule has 0 atom stereocenters. The lowest BCUT2D eigenvalue weighted by Crippen LogP contribution is -2.31. The second-order valence-corrected chi connectivity index (χ2v) is 7.28. The Morgan fingerprint density at radius 3 is 1.91 bits per heavy atom. The normalized spacial score (nSPS) is 10.5. The predicted octanol–water partition coefficient (Wildman–Crippen LogP) is 5.58. The topological polar surface area (TPSA) is 124 Å². The van der Waals surface area contributed by atoms with Gasteiger partial charge in [-0.3, -0.25) is 10.1 Å². The summed E-state index contributed by atoms with van der Waals surface area (Å²) in [6, 6.07) is 9.12. The number of rotatable bonds is 12. The fourth-order valence-corrected chi connectivity index (χ4v) is 3.14. The van der Waals surface area contributed by atoms with E-state index in [0.29, 0.717) is 18.8 Å². The minimum atomic E-state index is -0.611. The molecule has 0 bridgehead atoms. The highest BCUT2D eigenvalue weighted by Crippen LogP contribution is 2.37. The summed E-state index contributed by atoms with van der Waals surface area (Å²) in [4.78, 5) is 34.7. The molecule has 0 aromatic heterocycles. The maximum Gasteiger partial charge on any atom is 0.330 e. The van der Waals surface area contributed by atoms with Crippen molar-refractivity contribution in [3.8, 4) is 0 Å². The number of non-ortho nitro benzene ring substituents is 1. The van der Waals surface area contributed by atoms with E-state index in [-0.39, 0.29) is 34.6 Å². The van der Waals surface area contributed by atoms with Crippen molar-refractivity contribution in [2.24, 2.45) is 10.2 Å². The number of ether oxygens (including phenoxy) is 2. The Labute approximate surface area is 205 Å². The van der Waals surface area contributed by atoms with Crippen molar-refractivity contribution in [3.05, 3.63) is 81.9 Å². The number of carbonyl (C=O) groups excluding carboxylic acids is 2. The molecule has 0 heterocycles. The average Bonchev–Trinajstić information content (AvgIpc) is 2.82. The first-order chi connectivity index (χ1) is 16.2. The van der Waals surface area contributed by atoms with E-state index in [0.717, 1.165) is 30.0 Å². The first-order valence-corrected chi connectivity index (χ1v) is 10.5. The minimum absolute atomic E-state index is 0.00566. The van der Waals surface area contributed by atoms with Gasteiger partial charge in [-0.25, -0.2) is 9.59 Å². The second kappa shape index (κ2) is 13.1. The lowest BCUT2D eigenvalue weighted by Gasteiger charge is -2.24. The highest BCUT2D eigenvalue weighted by atomic mass is 35.5. The predicted molar refractivity (Wildman–Crippen MR) is 128 cm³/mol. The number of nitro benzene ring substituents is 1. The molecule has 0 aliphatic heterocycles. The number of nitro groups is 1. The zero-order valence-electron chi connectivity index (χ0n) is 17.9. The van der Waals surface area contributed by atoms with Crippen LogP contribution in [0.1, 0.15) is 0 Å². The van der Waals surface area contributed by atoms with Crippen molar-refractivity contribution in [2.75, 3.05) is 31.2 Å².